The van der Waals surface area contributed by atoms with Gasteiger partial charge in [0.2, 0.25) is 5.89 Å². The molecule has 0 atom stereocenters. The molecule has 0 saturated carbocycles. The number of aryl methyl sites for hydroxylation is 1. The molecule has 0 N–H and O–H groups in total. The number of hydrogen-bond donors (Lipinski definition) is 0. The van der Waals surface area contributed by atoms with Crippen LogP contribution in [0.3, 0.4) is 0 Å². The minimum absolute atomic E-state index is 0.0115. The Morgan fingerprint density at radius 1 is 1.12 bits per heavy atom. The van der Waals surface area contributed by atoms with Crippen LogP contribution in [0.2, 0.25) is 0 Å². The fourth-order valence-electron chi connectivity index (χ4n) is 2.36. The van der Waals surface area contributed by atoms with Crippen molar-refractivity contribution < 1.29 is 30.8 Å². The van der Waals surface area contributed by atoms with Crippen LogP contribution >= 0.6 is 23.5 Å². The molecule has 2 aromatic heterocycles. The Morgan fingerprint density at radius 3 is 2.46 bits per heavy atom. The van der Waals surface area contributed by atoms with Gasteiger partial charge in [0.15, 0.2) is 0 Å². The molecule has 11 heteroatoms. The molecule has 2 aromatic rings. The van der Waals surface area contributed by atoms with Crippen molar-refractivity contribution in [1.82, 2.24) is 9.97 Å². The van der Waals surface area contributed by atoms with Crippen molar-refractivity contribution in [2.75, 3.05) is 6.26 Å². The Hall–Kier alpha value is -1.62. The lowest BCUT2D eigenvalue weighted by Crippen LogP contribution is -2.06. The van der Waals surface area contributed by atoms with Gasteiger partial charge in [-0.15, -0.1) is 11.8 Å². The molecule has 2 heterocycles. The predicted octanol–water partition coefficient (Wildman–Crippen LogP) is 6.02. The lowest BCUT2D eigenvalue weighted by atomic mass is 10.1. The third-order valence-electron chi connectivity index (χ3n) is 3.47. The molecule has 0 radical (unpaired) electrons. The number of aromatic nitrogens is 2. The number of hydrogen-bond acceptors (Lipinski definition) is 5. The number of nitrogens with zero attached hydrogens (tertiary/aromatic N) is 2. The van der Waals surface area contributed by atoms with E-state index >= 15 is 0 Å². The topological polar surface area (TPSA) is 38.9 Å². The van der Waals surface area contributed by atoms with Crippen LogP contribution in [0.4, 0.5) is 26.3 Å². The highest BCUT2D eigenvalue weighted by Crippen LogP contribution is 2.42. The van der Waals surface area contributed by atoms with Crippen LogP contribution in [-0.2, 0) is 12.6 Å². The number of pyridine rings is 1. The number of oxazole rings is 1. The zero-order valence-corrected chi connectivity index (χ0v) is 14.7. The molecule has 140 valence electrons. The Bertz CT molecular complexity index is 857. The second-order valence-corrected chi connectivity index (χ2v) is 7.30. The summed E-state index contributed by atoms with van der Waals surface area (Å²) in [5.41, 5.74) is -4.92. The highest BCUT2D eigenvalue weighted by atomic mass is 32.2. The zero-order valence-electron chi connectivity index (χ0n) is 13.0. The van der Waals surface area contributed by atoms with Crippen molar-refractivity contribution in [2.24, 2.45) is 0 Å². The number of thioether (sulfide) groups is 2. The molecule has 0 amide bonds. The SMILES string of the molecule is CSc1cc(C(F)(F)F)cnc1-c1nc2c(o1)CCC(SC(F)(F)F)=C2. The van der Waals surface area contributed by atoms with Crippen LogP contribution in [0, 0.1) is 0 Å². The molecule has 0 unspecified atom stereocenters. The summed E-state index contributed by atoms with van der Waals surface area (Å²) in [5, 5.41) is 0. The van der Waals surface area contributed by atoms with Gasteiger partial charge in [-0.3, -0.25) is 0 Å². The monoisotopic (exact) mass is 412 g/mol. The summed E-state index contributed by atoms with van der Waals surface area (Å²) < 4.78 is 81.5. The number of rotatable bonds is 3. The number of allylic oxidation sites excluding steroid dienone is 1. The van der Waals surface area contributed by atoms with Crippen LogP contribution in [0.25, 0.3) is 17.7 Å². The van der Waals surface area contributed by atoms with Crippen LogP contribution in [-0.4, -0.2) is 21.7 Å². The van der Waals surface area contributed by atoms with Crippen molar-refractivity contribution in [3.05, 3.63) is 34.2 Å². The fraction of sp³-hybridized carbons (Fsp3) is 0.333. The van der Waals surface area contributed by atoms with Gasteiger partial charge in [-0.2, -0.15) is 26.3 Å². The lowest BCUT2D eigenvalue weighted by Gasteiger charge is -2.12. The van der Waals surface area contributed by atoms with Crippen molar-refractivity contribution in [1.29, 1.82) is 0 Å². The van der Waals surface area contributed by atoms with E-state index in [0.717, 1.165) is 17.8 Å². The molecule has 0 spiro atoms. The lowest BCUT2D eigenvalue weighted by molar-refractivity contribution is -0.138. The van der Waals surface area contributed by atoms with Gasteiger partial charge < -0.3 is 4.42 Å². The second kappa shape index (κ2) is 6.84. The third-order valence-corrected chi connectivity index (χ3v) is 5.04. The van der Waals surface area contributed by atoms with Gasteiger partial charge >= 0.3 is 11.7 Å². The Morgan fingerprint density at radius 2 is 1.85 bits per heavy atom. The average Bonchev–Trinajstić information content (AvgIpc) is 2.94. The van der Waals surface area contributed by atoms with Gasteiger partial charge in [0.25, 0.3) is 0 Å². The summed E-state index contributed by atoms with van der Waals surface area (Å²) >= 11 is 0.837. The standard InChI is InChI=1S/C15H10F6N2OS2/c1-25-11-4-7(14(16,17)18)6-22-12(11)13-23-9-5-8(26-15(19,20)21)2-3-10(9)24-13/h4-6H,2-3H2,1H3. The molecular weight excluding hydrogens is 402 g/mol. The maximum atomic E-state index is 12.8. The van der Waals surface area contributed by atoms with E-state index in [-0.39, 0.29) is 51.7 Å². The molecule has 3 rings (SSSR count). The van der Waals surface area contributed by atoms with Crippen LogP contribution < -0.4 is 0 Å². The van der Waals surface area contributed by atoms with Gasteiger partial charge in [-0.25, -0.2) is 9.97 Å². The normalized spacial score (nSPS) is 15.0. The van der Waals surface area contributed by atoms with Crippen LogP contribution in [0.5, 0.6) is 0 Å². The second-order valence-electron chi connectivity index (χ2n) is 5.26. The largest absolute Gasteiger partial charge is 0.446 e. The Labute approximate surface area is 152 Å². The van der Waals surface area contributed by atoms with Crippen molar-refractivity contribution in [3.63, 3.8) is 0 Å². The van der Waals surface area contributed by atoms with Gasteiger partial charge in [0.1, 0.15) is 17.1 Å². The first-order valence-electron chi connectivity index (χ1n) is 7.14. The fourth-order valence-corrected chi connectivity index (χ4v) is 3.61. The van der Waals surface area contributed by atoms with E-state index in [4.69, 9.17) is 4.42 Å². The van der Waals surface area contributed by atoms with E-state index < -0.39 is 17.2 Å². The molecule has 0 aliphatic heterocycles. The van der Waals surface area contributed by atoms with Crippen molar-refractivity contribution >= 4 is 29.6 Å². The van der Waals surface area contributed by atoms with E-state index in [2.05, 4.69) is 9.97 Å². The minimum Gasteiger partial charge on any atom is -0.439 e. The van der Waals surface area contributed by atoms with Gasteiger partial charge in [-0.05, 0) is 41.5 Å². The molecule has 0 saturated heterocycles. The first-order chi connectivity index (χ1) is 12.1. The van der Waals surface area contributed by atoms with Crippen LogP contribution in [0.15, 0.2) is 26.5 Å². The molecule has 3 nitrogen and oxygen atoms in total. The quantitative estimate of drug-likeness (QED) is 0.456. The molecule has 0 aromatic carbocycles. The zero-order chi connectivity index (χ0) is 19.1. The molecule has 1 aliphatic carbocycles. The van der Waals surface area contributed by atoms with E-state index in [1.165, 1.54) is 6.08 Å². The number of halogens is 6. The van der Waals surface area contributed by atoms with E-state index in [1.807, 2.05) is 0 Å². The Kier molecular flexibility index (Phi) is 5.04. The number of alkyl halides is 6. The molecular formula is C15H10F6N2OS2. The highest BCUT2D eigenvalue weighted by molar-refractivity contribution is 8.04. The average molecular weight is 412 g/mol. The van der Waals surface area contributed by atoms with Gasteiger partial charge in [0, 0.05) is 17.5 Å². The summed E-state index contributed by atoms with van der Waals surface area (Å²) in [4.78, 5) is 8.25. The van der Waals surface area contributed by atoms with Crippen molar-refractivity contribution in [2.45, 2.75) is 29.4 Å². The minimum atomic E-state index is -4.53. The smallest absolute Gasteiger partial charge is 0.439 e. The molecule has 26 heavy (non-hydrogen) atoms. The molecule has 1 aliphatic rings. The Balaban J connectivity index is 1.96. The first kappa shape index (κ1) is 19.2. The van der Waals surface area contributed by atoms with Crippen LogP contribution in [0.1, 0.15) is 23.4 Å². The first-order valence-corrected chi connectivity index (χ1v) is 9.18. The summed E-state index contributed by atoms with van der Waals surface area (Å²) in [7, 11) is 0. The maximum Gasteiger partial charge on any atom is 0.446 e. The summed E-state index contributed by atoms with van der Waals surface area (Å²) in [5.74, 6) is 0.378. The third kappa shape index (κ3) is 4.20. The van der Waals surface area contributed by atoms with Gasteiger partial charge in [-0.1, -0.05) is 0 Å². The molecule has 0 fully saturated rings. The molecule has 0 bridgehead atoms. The van der Waals surface area contributed by atoms with Crippen molar-refractivity contribution in [3.8, 4) is 11.6 Å². The number of fused-ring (bicyclic) bond motifs is 1. The summed E-state index contributed by atoms with van der Waals surface area (Å²) in [6.07, 6.45) is -0.597. The maximum absolute atomic E-state index is 12.8. The van der Waals surface area contributed by atoms with E-state index in [9.17, 15) is 26.3 Å². The van der Waals surface area contributed by atoms with Gasteiger partial charge in [0.05, 0.1) is 5.56 Å². The highest BCUT2D eigenvalue weighted by Gasteiger charge is 2.33. The predicted molar refractivity (Wildman–Crippen MR) is 86.5 cm³/mol. The summed E-state index contributed by atoms with van der Waals surface area (Å²) in [6.45, 7) is 0. The summed E-state index contributed by atoms with van der Waals surface area (Å²) in [6, 6.07) is 0.941. The van der Waals surface area contributed by atoms with E-state index in [0.29, 0.717) is 12.0 Å². The van der Waals surface area contributed by atoms with E-state index in [1.54, 1.807) is 6.26 Å².